The second-order valence-corrected chi connectivity index (χ2v) is 7.29. The van der Waals surface area contributed by atoms with Crippen molar-refractivity contribution in [2.24, 2.45) is 0 Å². The van der Waals surface area contributed by atoms with E-state index in [1.807, 2.05) is 24.3 Å². The molecule has 1 unspecified atom stereocenters. The first-order valence-corrected chi connectivity index (χ1v) is 9.19. The number of nitrogens with zero attached hydrogens (tertiary/aromatic N) is 1. The van der Waals surface area contributed by atoms with E-state index in [0.717, 1.165) is 37.5 Å². The van der Waals surface area contributed by atoms with Gasteiger partial charge in [-0.25, -0.2) is 4.79 Å². The summed E-state index contributed by atoms with van der Waals surface area (Å²) in [5.74, 6) is 0.184. The minimum absolute atomic E-state index is 0.0780. The van der Waals surface area contributed by atoms with Crippen LogP contribution in [0.5, 0.6) is 0 Å². The van der Waals surface area contributed by atoms with E-state index in [1.165, 1.54) is 11.6 Å². The molecule has 1 aromatic carbocycles. The zero-order valence-electron chi connectivity index (χ0n) is 15.0. The molecule has 0 saturated carbocycles. The molecule has 1 amide bonds. The molecule has 3 rings (SSSR count). The van der Waals surface area contributed by atoms with Crippen LogP contribution in [0, 0.1) is 13.8 Å². The lowest BCUT2D eigenvalue weighted by atomic mass is 10.0. The Kier molecular flexibility index (Phi) is 5.79. The minimum Gasteiger partial charge on any atom is -0.427 e. The molecule has 6 heteroatoms. The van der Waals surface area contributed by atoms with Crippen molar-refractivity contribution in [2.45, 2.75) is 39.3 Å². The van der Waals surface area contributed by atoms with Crippen molar-refractivity contribution in [2.75, 3.05) is 13.1 Å². The van der Waals surface area contributed by atoms with E-state index >= 15 is 0 Å². The van der Waals surface area contributed by atoms with Gasteiger partial charge in [0.15, 0.2) is 0 Å². The van der Waals surface area contributed by atoms with Crippen LogP contribution in [0.3, 0.4) is 0 Å². The van der Waals surface area contributed by atoms with Gasteiger partial charge in [0.1, 0.15) is 5.76 Å². The van der Waals surface area contributed by atoms with Crippen LogP contribution in [0.2, 0.25) is 5.02 Å². The topological polar surface area (TPSA) is 62.6 Å². The van der Waals surface area contributed by atoms with Crippen molar-refractivity contribution in [3.05, 3.63) is 68.2 Å². The van der Waals surface area contributed by atoms with Gasteiger partial charge in [-0.15, -0.1) is 0 Å². The number of benzene rings is 1. The van der Waals surface area contributed by atoms with Crippen LogP contribution < -0.4 is 10.9 Å². The van der Waals surface area contributed by atoms with E-state index < -0.39 is 5.63 Å². The summed E-state index contributed by atoms with van der Waals surface area (Å²) in [4.78, 5) is 26.4. The highest BCUT2D eigenvalue weighted by Crippen LogP contribution is 2.17. The molecular formula is C20H23ClN2O3. The third-order valence-electron chi connectivity index (χ3n) is 4.72. The quantitative estimate of drug-likeness (QED) is 0.891. The number of hydrogen-bond acceptors (Lipinski definition) is 4. The smallest absolute Gasteiger partial charge is 0.336 e. The monoisotopic (exact) mass is 374 g/mol. The summed E-state index contributed by atoms with van der Waals surface area (Å²) in [7, 11) is 0. The zero-order chi connectivity index (χ0) is 18.7. The third kappa shape index (κ3) is 4.54. The summed E-state index contributed by atoms with van der Waals surface area (Å²) in [6.45, 7) is 6.04. The number of nitrogens with one attached hydrogen (secondary N) is 1. The maximum atomic E-state index is 12.7. The average molecular weight is 375 g/mol. The van der Waals surface area contributed by atoms with Gasteiger partial charge in [-0.05, 0) is 56.5 Å². The van der Waals surface area contributed by atoms with E-state index in [0.29, 0.717) is 16.9 Å². The van der Waals surface area contributed by atoms with Crippen molar-refractivity contribution >= 4 is 17.5 Å². The average Bonchev–Trinajstić information content (AvgIpc) is 2.56. The van der Waals surface area contributed by atoms with Gasteiger partial charge in [-0.3, -0.25) is 9.69 Å². The molecule has 0 bridgehead atoms. The molecule has 0 radical (unpaired) electrons. The molecule has 26 heavy (non-hydrogen) atoms. The van der Waals surface area contributed by atoms with Crippen LogP contribution >= 0.6 is 11.6 Å². The number of halogens is 1. The van der Waals surface area contributed by atoms with Crippen LogP contribution in [-0.4, -0.2) is 29.9 Å². The number of hydrogen-bond donors (Lipinski definition) is 1. The van der Waals surface area contributed by atoms with Crippen LogP contribution in [0.15, 0.2) is 39.5 Å². The maximum Gasteiger partial charge on any atom is 0.336 e. The fourth-order valence-electron chi connectivity index (χ4n) is 3.52. The van der Waals surface area contributed by atoms with Gasteiger partial charge < -0.3 is 9.73 Å². The predicted molar refractivity (Wildman–Crippen MR) is 102 cm³/mol. The molecule has 1 aliphatic rings. The molecule has 2 aromatic rings. The van der Waals surface area contributed by atoms with Crippen molar-refractivity contribution in [3.63, 3.8) is 0 Å². The minimum atomic E-state index is -0.427. The largest absolute Gasteiger partial charge is 0.427 e. The number of rotatable bonds is 4. The fraction of sp³-hybridized carbons (Fsp3) is 0.400. The summed E-state index contributed by atoms with van der Waals surface area (Å²) in [5, 5.41) is 3.83. The highest BCUT2D eigenvalue weighted by atomic mass is 35.5. The highest BCUT2D eigenvalue weighted by Gasteiger charge is 2.24. The van der Waals surface area contributed by atoms with E-state index in [1.54, 1.807) is 13.8 Å². The van der Waals surface area contributed by atoms with E-state index in [-0.39, 0.29) is 11.9 Å². The Labute approximate surface area is 158 Å². The fourth-order valence-corrected chi connectivity index (χ4v) is 3.65. The third-order valence-corrected chi connectivity index (χ3v) is 4.97. The molecule has 0 aliphatic carbocycles. The summed E-state index contributed by atoms with van der Waals surface area (Å²) in [6, 6.07) is 9.29. The first-order chi connectivity index (χ1) is 12.4. The molecule has 0 spiro atoms. The van der Waals surface area contributed by atoms with Gasteiger partial charge >= 0.3 is 5.63 Å². The first kappa shape index (κ1) is 18.7. The van der Waals surface area contributed by atoms with Crippen LogP contribution in [0.1, 0.15) is 40.1 Å². The molecule has 1 aromatic heterocycles. The molecule has 5 nitrogen and oxygen atoms in total. The second kappa shape index (κ2) is 8.06. The normalized spacial score (nSPS) is 17.9. The van der Waals surface area contributed by atoms with Crippen LogP contribution in [0.4, 0.5) is 0 Å². The van der Waals surface area contributed by atoms with Gasteiger partial charge in [-0.1, -0.05) is 23.7 Å². The molecule has 1 aliphatic heterocycles. The Morgan fingerprint density at radius 1 is 1.31 bits per heavy atom. The lowest BCUT2D eigenvalue weighted by molar-refractivity contribution is 0.0896. The van der Waals surface area contributed by atoms with Crippen molar-refractivity contribution in [1.29, 1.82) is 0 Å². The van der Waals surface area contributed by atoms with E-state index in [4.69, 9.17) is 16.0 Å². The van der Waals surface area contributed by atoms with Crippen molar-refractivity contribution in [1.82, 2.24) is 10.2 Å². The summed E-state index contributed by atoms with van der Waals surface area (Å²) >= 11 is 5.94. The number of carbonyl (C=O) groups is 1. The molecule has 1 atom stereocenters. The Hall–Kier alpha value is -2.11. The molecule has 1 fully saturated rings. The van der Waals surface area contributed by atoms with Crippen molar-refractivity contribution < 1.29 is 9.21 Å². The highest BCUT2D eigenvalue weighted by molar-refractivity contribution is 6.30. The summed E-state index contributed by atoms with van der Waals surface area (Å²) in [5.41, 5.74) is 1.88. The number of piperidine rings is 1. The molecular weight excluding hydrogens is 352 g/mol. The predicted octanol–water partition coefficient (Wildman–Crippen LogP) is 3.30. The van der Waals surface area contributed by atoms with Gasteiger partial charge in [-0.2, -0.15) is 0 Å². The molecule has 2 heterocycles. The molecule has 1 N–H and O–H groups in total. The number of carbonyl (C=O) groups excluding carboxylic acids is 1. The second-order valence-electron chi connectivity index (χ2n) is 6.85. The number of amides is 1. The lowest BCUT2D eigenvalue weighted by Crippen LogP contribution is -2.47. The van der Waals surface area contributed by atoms with Crippen molar-refractivity contribution in [3.8, 4) is 0 Å². The van der Waals surface area contributed by atoms with E-state index in [2.05, 4.69) is 10.2 Å². The zero-order valence-corrected chi connectivity index (χ0v) is 15.8. The van der Waals surface area contributed by atoms with Gasteiger partial charge in [0.2, 0.25) is 0 Å². The molecule has 1 saturated heterocycles. The Morgan fingerprint density at radius 2 is 2.04 bits per heavy atom. The van der Waals surface area contributed by atoms with Gasteiger partial charge in [0.25, 0.3) is 5.91 Å². The summed E-state index contributed by atoms with van der Waals surface area (Å²) in [6.07, 6.45) is 1.97. The van der Waals surface area contributed by atoms with E-state index in [9.17, 15) is 9.59 Å². The van der Waals surface area contributed by atoms with Gasteiger partial charge in [0.05, 0.1) is 5.56 Å². The van der Waals surface area contributed by atoms with Crippen LogP contribution in [0.25, 0.3) is 0 Å². The number of likely N-dealkylation sites (tertiary alicyclic amines) is 1. The Morgan fingerprint density at radius 3 is 2.73 bits per heavy atom. The lowest BCUT2D eigenvalue weighted by Gasteiger charge is -2.33. The summed E-state index contributed by atoms with van der Waals surface area (Å²) < 4.78 is 5.07. The van der Waals surface area contributed by atoms with Crippen LogP contribution in [-0.2, 0) is 6.54 Å². The standard InChI is InChI=1S/C20H23ClN2O3/c1-13-10-18(24)26-14(2)19(13)20(25)22-17-4-3-9-23(12-17)11-15-5-7-16(21)8-6-15/h5-8,10,17H,3-4,9,11-12H2,1-2H3,(H,22,25). The number of aryl methyl sites for hydroxylation is 2. The Bertz CT molecular complexity index is 819. The SMILES string of the molecule is Cc1cc(=O)oc(C)c1C(=O)NC1CCCN(Cc2ccc(Cl)cc2)C1. The maximum absolute atomic E-state index is 12.7. The molecule has 138 valence electrons. The van der Waals surface area contributed by atoms with Gasteiger partial charge in [0, 0.05) is 30.2 Å². The Balaban J connectivity index is 1.64. The first-order valence-electron chi connectivity index (χ1n) is 8.81.